The number of carboxylic acid groups (broad SMARTS) is 1. The van der Waals surface area contributed by atoms with Crippen LogP contribution < -0.4 is 4.74 Å². The van der Waals surface area contributed by atoms with E-state index < -0.39 is 23.3 Å². The Balaban J connectivity index is 1.73. The molecular weight excluding hydrogens is 493 g/mol. The van der Waals surface area contributed by atoms with Crippen molar-refractivity contribution in [2.75, 3.05) is 12.8 Å². The lowest BCUT2D eigenvalue weighted by Crippen LogP contribution is -2.38. The molecule has 0 saturated carbocycles. The second-order valence-corrected chi connectivity index (χ2v) is 9.64. The molecule has 0 aliphatic carbocycles. The van der Waals surface area contributed by atoms with Crippen molar-refractivity contribution >= 4 is 29.9 Å². The van der Waals surface area contributed by atoms with Gasteiger partial charge in [-0.15, -0.1) is 11.8 Å². The molecule has 0 radical (unpaired) electrons. The zero-order chi connectivity index (χ0) is 26.7. The minimum Gasteiger partial charge on any atom is -0.478 e. The normalized spacial score (nSPS) is 14.9. The predicted octanol–water partition coefficient (Wildman–Crippen LogP) is 5.55. The van der Waals surface area contributed by atoms with E-state index in [-0.39, 0.29) is 5.91 Å². The number of fused-ring (bicyclic) bond motifs is 1. The van der Waals surface area contributed by atoms with E-state index in [0.29, 0.717) is 41.4 Å². The maximum Gasteiger partial charge on any atom is 0.416 e. The molecule has 10 heteroatoms. The number of benzene rings is 2. The molecule has 36 heavy (non-hydrogen) atoms. The van der Waals surface area contributed by atoms with E-state index in [2.05, 4.69) is 4.99 Å². The molecule has 0 bridgehead atoms. The number of allylic oxidation sites excluding steroid dienone is 1. The molecule has 0 spiro atoms. The maximum absolute atomic E-state index is 13.2. The van der Waals surface area contributed by atoms with Crippen molar-refractivity contribution in [3.63, 3.8) is 0 Å². The summed E-state index contributed by atoms with van der Waals surface area (Å²) < 4.78 is 43.8. The second kappa shape index (κ2) is 10.8. The van der Waals surface area contributed by atoms with Gasteiger partial charge >= 0.3 is 12.1 Å². The Labute approximate surface area is 211 Å². The molecule has 0 atom stereocenters. The van der Waals surface area contributed by atoms with Crippen molar-refractivity contribution in [2.45, 2.75) is 45.5 Å². The topological polar surface area (TPSA) is 79.2 Å². The lowest BCUT2D eigenvalue weighted by Gasteiger charge is -2.30. The van der Waals surface area contributed by atoms with E-state index in [1.807, 2.05) is 12.1 Å². The number of halogens is 3. The summed E-state index contributed by atoms with van der Waals surface area (Å²) in [7, 11) is 0. The van der Waals surface area contributed by atoms with Gasteiger partial charge in [0.25, 0.3) is 5.91 Å². The molecule has 3 rings (SSSR count). The van der Waals surface area contributed by atoms with E-state index in [1.165, 1.54) is 44.0 Å². The first-order valence-electron chi connectivity index (χ1n) is 11.1. The summed E-state index contributed by atoms with van der Waals surface area (Å²) in [6.45, 7) is 5.51. The third-order valence-corrected chi connectivity index (χ3v) is 6.62. The van der Waals surface area contributed by atoms with E-state index in [0.717, 1.165) is 23.3 Å². The molecule has 0 fully saturated rings. The molecule has 0 unspecified atom stereocenters. The van der Waals surface area contributed by atoms with Crippen LogP contribution in [-0.4, -0.2) is 46.5 Å². The number of aliphatic carboxylic acids is 1. The number of amides is 1. The van der Waals surface area contributed by atoms with Gasteiger partial charge < -0.3 is 14.7 Å². The minimum atomic E-state index is -4.40. The fourth-order valence-electron chi connectivity index (χ4n) is 3.63. The van der Waals surface area contributed by atoms with Crippen molar-refractivity contribution in [1.29, 1.82) is 0 Å². The Morgan fingerprint density at radius 2 is 1.78 bits per heavy atom. The van der Waals surface area contributed by atoms with Gasteiger partial charge in [-0.25, -0.2) is 4.79 Å². The van der Waals surface area contributed by atoms with E-state index in [1.54, 1.807) is 24.1 Å². The van der Waals surface area contributed by atoms with Crippen LogP contribution in [0, 0.1) is 0 Å². The molecule has 1 aliphatic rings. The third kappa shape index (κ3) is 6.48. The van der Waals surface area contributed by atoms with Crippen LogP contribution in [0.25, 0.3) is 0 Å². The van der Waals surface area contributed by atoms with Gasteiger partial charge in [-0.2, -0.15) is 13.2 Å². The molecule has 1 amide bonds. The number of carboxylic acids is 1. The predicted molar refractivity (Wildman–Crippen MR) is 133 cm³/mol. The highest BCUT2D eigenvalue weighted by molar-refractivity contribution is 8.03. The van der Waals surface area contributed by atoms with Crippen LogP contribution in [0.1, 0.15) is 43.0 Å². The fraction of sp³-hybridized carbons (Fsp3) is 0.346. The number of nitrogens with zero attached hydrogens (tertiary/aromatic N) is 2. The summed E-state index contributed by atoms with van der Waals surface area (Å²) in [6.07, 6.45) is -0.608. The highest BCUT2D eigenvalue weighted by Gasteiger charge is 2.31. The number of ether oxygens (including phenoxy) is 1. The van der Waals surface area contributed by atoms with Crippen LogP contribution in [0.3, 0.4) is 0 Å². The Morgan fingerprint density at radius 1 is 1.11 bits per heavy atom. The van der Waals surface area contributed by atoms with E-state index >= 15 is 0 Å². The van der Waals surface area contributed by atoms with E-state index in [9.17, 15) is 27.9 Å². The average Bonchev–Trinajstić information content (AvgIpc) is 2.82. The zero-order valence-corrected chi connectivity index (χ0v) is 21.2. The number of carbonyl (C=O) groups is 2. The van der Waals surface area contributed by atoms with Crippen molar-refractivity contribution < 1.29 is 32.6 Å². The Kier molecular flexibility index (Phi) is 8.18. The SMILES string of the molecule is CS/C(C(=O)N1CCc2cc(OC(C)(C)C(=O)O)ccc2C1)=C(/C)N=Cc1ccc(C(F)(F)F)cc1. The van der Waals surface area contributed by atoms with Crippen molar-refractivity contribution in [2.24, 2.45) is 4.99 Å². The van der Waals surface area contributed by atoms with Gasteiger partial charge in [0.2, 0.25) is 0 Å². The van der Waals surface area contributed by atoms with Crippen LogP contribution in [0.15, 0.2) is 58.1 Å². The summed E-state index contributed by atoms with van der Waals surface area (Å²) in [5, 5.41) is 9.27. The summed E-state index contributed by atoms with van der Waals surface area (Å²) in [5.74, 6) is -0.786. The standard InChI is InChI=1S/C26H27F3N2O4S/c1-16(30-14-17-5-8-20(9-6-17)26(27,28)29)22(36-4)23(32)31-12-11-18-13-21(10-7-19(18)15-31)35-25(2,3)24(33)34/h5-10,13-14H,11-12,15H2,1-4H3,(H,33,34)/b22-16-,30-14?. The molecule has 2 aromatic rings. The van der Waals surface area contributed by atoms with Gasteiger partial charge in [0.05, 0.1) is 16.2 Å². The number of rotatable bonds is 7. The van der Waals surface area contributed by atoms with Gasteiger partial charge in [0.15, 0.2) is 5.60 Å². The molecule has 6 nitrogen and oxygen atoms in total. The zero-order valence-electron chi connectivity index (χ0n) is 20.3. The number of carbonyl (C=O) groups excluding carboxylic acids is 1. The Bertz CT molecular complexity index is 1200. The van der Waals surface area contributed by atoms with Crippen molar-refractivity contribution in [1.82, 2.24) is 4.90 Å². The quantitative estimate of drug-likeness (QED) is 0.383. The average molecular weight is 521 g/mol. The number of hydrogen-bond acceptors (Lipinski definition) is 5. The Hall–Kier alpha value is -3.27. The van der Waals surface area contributed by atoms with Crippen molar-refractivity contribution in [3.8, 4) is 5.75 Å². The van der Waals surface area contributed by atoms with Crippen LogP contribution in [-0.2, 0) is 28.7 Å². The molecule has 1 heterocycles. The first-order chi connectivity index (χ1) is 16.8. The summed E-state index contributed by atoms with van der Waals surface area (Å²) in [6, 6.07) is 9.99. The van der Waals surface area contributed by atoms with Crippen LogP contribution in [0.2, 0.25) is 0 Å². The minimum absolute atomic E-state index is 0.178. The van der Waals surface area contributed by atoms with Gasteiger partial charge in [-0.1, -0.05) is 18.2 Å². The molecule has 1 aliphatic heterocycles. The highest BCUT2D eigenvalue weighted by Crippen LogP contribution is 2.30. The van der Waals surface area contributed by atoms with Gasteiger partial charge in [0, 0.05) is 19.3 Å². The summed E-state index contributed by atoms with van der Waals surface area (Å²) in [5.41, 5.74) is 0.804. The summed E-state index contributed by atoms with van der Waals surface area (Å²) in [4.78, 5) is 31.0. The molecule has 0 saturated heterocycles. The molecule has 2 aromatic carbocycles. The smallest absolute Gasteiger partial charge is 0.416 e. The lowest BCUT2D eigenvalue weighted by molar-refractivity contribution is -0.152. The third-order valence-electron chi connectivity index (χ3n) is 5.74. The van der Waals surface area contributed by atoms with Gasteiger partial charge in [0.1, 0.15) is 5.75 Å². The molecule has 192 valence electrons. The van der Waals surface area contributed by atoms with E-state index in [4.69, 9.17) is 4.74 Å². The summed E-state index contributed by atoms with van der Waals surface area (Å²) >= 11 is 1.26. The van der Waals surface area contributed by atoms with Crippen LogP contribution in [0.5, 0.6) is 5.75 Å². The van der Waals surface area contributed by atoms with Gasteiger partial charge in [-0.05, 0) is 74.4 Å². The van der Waals surface area contributed by atoms with Crippen LogP contribution in [0.4, 0.5) is 13.2 Å². The fourth-order valence-corrected chi connectivity index (χ4v) is 4.28. The number of alkyl halides is 3. The van der Waals surface area contributed by atoms with Crippen LogP contribution >= 0.6 is 11.8 Å². The number of hydrogen-bond donors (Lipinski definition) is 1. The largest absolute Gasteiger partial charge is 0.478 e. The number of thioether (sulfide) groups is 1. The second-order valence-electron chi connectivity index (χ2n) is 8.82. The monoisotopic (exact) mass is 520 g/mol. The number of aliphatic imine (C=N–C) groups is 1. The highest BCUT2D eigenvalue weighted by atomic mass is 32.2. The first kappa shape index (κ1) is 27.3. The van der Waals surface area contributed by atoms with Gasteiger partial charge in [-0.3, -0.25) is 9.79 Å². The maximum atomic E-state index is 13.2. The Morgan fingerprint density at radius 3 is 2.36 bits per heavy atom. The molecule has 0 aromatic heterocycles. The molecule has 1 N–H and O–H groups in total. The lowest BCUT2D eigenvalue weighted by atomic mass is 9.99. The van der Waals surface area contributed by atoms with Crippen molar-refractivity contribution in [3.05, 3.63) is 75.3 Å². The molecular formula is C26H27F3N2O4S. The first-order valence-corrected chi connectivity index (χ1v) is 12.3.